The summed E-state index contributed by atoms with van der Waals surface area (Å²) in [5.74, 6) is 0.623. The average molecular weight is 374 g/mol. The van der Waals surface area contributed by atoms with Crippen LogP contribution in [0.1, 0.15) is 32.8 Å². The maximum atomic E-state index is 12.2. The molecule has 7 nitrogen and oxygen atoms in total. The van der Waals surface area contributed by atoms with Crippen LogP contribution in [0.2, 0.25) is 0 Å². The number of likely N-dealkylation sites (tertiary alicyclic amines) is 1. The number of amides is 2. The second kappa shape index (κ2) is 9.94. The van der Waals surface area contributed by atoms with Gasteiger partial charge in [-0.3, -0.25) is 14.6 Å². The fourth-order valence-corrected chi connectivity index (χ4v) is 3.07. The molecular weight excluding hydrogens is 342 g/mol. The quantitative estimate of drug-likeness (QED) is 0.522. The van der Waals surface area contributed by atoms with E-state index in [1.54, 1.807) is 7.05 Å². The number of hydrogen-bond donors (Lipinski definition) is 3. The van der Waals surface area contributed by atoms with Crippen molar-refractivity contribution in [2.24, 2.45) is 10.9 Å². The largest absolute Gasteiger partial charge is 0.352 e. The zero-order chi connectivity index (χ0) is 19.8. The lowest BCUT2D eigenvalue weighted by Crippen LogP contribution is -2.47. The number of anilines is 1. The molecule has 1 unspecified atom stereocenters. The molecule has 1 heterocycles. The van der Waals surface area contributed by atoms with Crippen molar-refractivity contribution in [3.8, 4) is 0 Å². The highest BCUT2D eigenvalue weighted by Crippen LogP contribution is 2.13. The summed E-state index contributed by atoms with van der Waals surface area (Å²) in [6.45, 7) is 7.44. The van der Waals surface area contributed by atoms with Gasteiger partial charge in [0, 0.05) is 37.8 Å². The van der Waals surface area contributed by atoms with Gasteiger partial charge in [-0.2, -0.15) is 0 Å². The zero-order valence-corrected chi connectivity index (χ0v) is 16.7. The summed E-state index contributed by atoms with van der Waals surface area (Å²) in [5.41, 5.74) is 1.97. The Hall–Kier alpha value is -2.57. The van der Waals surface area contributed by atoms with E-state index in [-0.39, 0.29) is 30.3 Å². The van der Waals surface area contributed by atoms with E-state index in [1.165, 1.54) is 5.56 Å². The van der Waals surface area contributed by atoms with Gasteiger partial charge in [0.25, 0.3) is 0 Å². The fraction of sp³-hybridized carbons (Fsp3) is 0.550. The van der Waals surface area contributed by atoms with Crippen LogP contribution in [-0.2, 0) is 16.0 Å². The number of rotatable bonds is 6. The molecule has 1 aromatic carbocycles. The van der Waals surface area contributed by atoms with Crippen molar-refractivity contribution in [2.45, 2.75) is 39.7 Å². The summed E-state index contributed by atoms with van der Waals surface area (Å²) >= 11 is 0. The topological polar surface area (TPSA) is 85.8 Å². The molecule has 2 rings (SSSR count). The predicted octanol–water partition coefficient (Wildman–Crippen LogP) is 1.61. The van der Waals surface area contributed by atoms with Crippen LogP contribution in [0.4, 0.5) is 5.69 Å². The Balaban J connectivity index is 1.78. The van der Waals surface area contributed by atoms with Crippen molar-refractivity contribution in [2.75, 3.05) is 32.0 Å². The van der Waals surface area contributed by atoms with Crippen LogP contribution in [0.15, 0.2) is 29.3 Å². The molecule has 1 aromatic rings. The van der Waals surface area contributed by atoms with E-state index >= 15 is 0 Å². The summed E-state index contributed by atoms with van der Waals surface area (Å²) in [6.07, 6.45) is 1.80. The molecule has 1 aliphatic rings. The van der Waals surface area contributed by atoms with Gasteiger partial charge in [-0.15, -0.1) is 0 Å². The molecule has 3 N–H and O–H groups in total. The molecule has 1 fully saturated rings. The molecular formula is C20H31N5O2. The van der Waals surface area contributed by atoms with Crippen molar-refractivity contribution in [3.05, 3.63) is 29.8 Å². The van der Waals surface area contributed by atoms with E-state index in [4.69, 9.17) is 0 Å². The minimum atomic E-state index is -0.130. The summed E-state index contributed by atoms with van der Waals surface area (Å²) in [5, 5.41) is 9.21. The molecule has 148 valence electrons. The van der Waals surface area contributed by atoms with E-state index in [9.17, 15) is 9.59 Å². The highest BCUT2D eigenvalue weighted by atomic mass is 16.2. The van der Waals surface area contributed by atoms with Gasteiger partial charge in [0.1, 0.15) is 0 Å². The number of aliphatic imine (C=N–C) groups is 1. The van der Waals surface area contributed by atoms with E-state index in [0.717, 1.165) is 25.1 Å². The molecule has 0 radical (unpaired) electrons. The van der Waals surface area contributed by atoms with Crippen LogP contribution in [0.5, 0.6) is 0 Å². The molecule has 7 heteroatoms. The number of aryl methyl sites for hydroxylation is 1. The lowest BCUT2D eigenvalue weighted by Gasteiger charge is -2.20. The minimum absolute atomic E-state index is 0.0103. The molecule has 0 spiro atoms. The van der Waals surface area contributed by atoms with Crippen molar-refractivity contribution in [1.29, 1.82) is 0 Å². The van der Waals surface area contributed by atoms with Gasteiger partial charge in [-0.25, -0.2) is 0 Å². The molecule has 2 amide bonds. The van der Waals surface area contributed by atoms with Crippen LogP contribution >= 0.6 is 0 Å². The molecule has 1 atom stereocenters. The number of nitrogens with zero attached hydrogens (tertiary/aromatic N) is 2. The first kappa shape index (κ1) is 20.7. The van der Waals surface area contributed by atoms with E-state index in [1.807, 2.05) is 43.0 Å². The second-order valence-electron chi connectivity index (χ2n) is 7.10. The van der Waals surface area contributed by atoms with Crippen LogP contribution in [0.3, 0.4) is 0 Å². The number of hydrogen-bond acceptors (Lipinski definition) is 3. The Labute approximate surface area is 161 Å². The lowest BCUT2D eigenvalue weighted by atomic mass is 10.1. The Morgan fingerprint density at radius 2 is 2.11 bits per heavy atom. The fourth-order valence-electron chi connectivity index (χ4n) is 3.07. The SMILES string of the molecule is CCc1cccc(NC(=O)CNC(=NC)NC2CCN(C(=O)C(C)C)C2)c1. The van der Waals surface area contributed by atoms with Gasteiger partial charge >= 0.3 is 0 Å². The summed E-state index contributed by atoms with van der Waals surface area (Å²) in [4.78, 5) is 30.3. The third kappa shape index (κ3) is 6.27. The predicted molar refractivity (Wildman–Crippen MR) is 109 cm³/mol. The molecule has 1 saturated heterocycles. The van der Waals surface area contributed by atoms with Crippen molar-refractivity contribution < 1.29 is 9.59 Å². The standard InChI is InChI=1S/C20H31N5O2/c1-5-15-7-6-8-16(11-15)23-18(26)12-22-20(21-4)24-17-9-10-25(13-17)19(27)14(2)3/h6-8,11,14,17H,5,9-10,12-13H2,1-4H3,(H,23,26)(H2,21,22,24). The highest BCUT2D eigenvalue weighted by molar-refractivity contribution is 5.95. The number of carbonyl (C=O) groups is 2. The van der Waals surface area contributed by atoms with Gasteiger partial charge in [0.15, 0.2) is 5.96 Å². The van der Waals surface area contributed by atoms with Gasteiger partial charge in [0.05, 0.1) is 6.54 Å². The average Bonchev–Trinajstić information content (AvgIpc) is 3.12. The number of benzene rings is 1. The Kier molecular flexibility index (Phi) is 7.64. The summed E-state index contributed by atoms with van der Waals surface area (Å²) in [7, 11) is 1.67. The summed E-state index contributed by atoms with van der Waals surface area (Å²) in [6, 6.07) is 7.97. The highest BCUT2D eigenvalue weighted by Gasteiger charge is 2.27. The Bertz CT molecular complexity index is 687. The van der Waals surface area contributed by atoms with E-state index < -0.39 is 0 Å². The molecule has 0 saturated carbocycles. The third-order valence-corrected chi connectivity index (χ3v) is 4.59. The Morgan fingerprint density at radius 1 is 1.33 bits per heavy atom. The summed E-state index contributed by atoms with van der Waals surface area (Å²) < 4.78 is 0. The minimum Gasteiger partial charge on any atom is -0.352 e. The maximum absolute atomic E-state index is 12.2. The van der Waals surface area contributed by atoms with Gasteiger partial charge in [-0.1, -0.05) is 32.9 Å². The maximum Gasteiger partial charge on any atom is 0.243 e. The number of nitrogens with one attached hydrogen (secondary N) is 3. The Morgan fingerprint density at radius 3 is 2.78 bits per heavy atom. The first-order chi connectivity index (χ1) is 12.9. The van der Waals surface area contributed by atoms with Gasteiger partial charge in [-0.05, 0) is 30.5 Å². The number of guanidine groups is 1. The zero-order valence-electron chi connectivity index (χ0n) is 16.7. The first-order valence-corrected chi connectivity index (χ1v) is 9.57. The molecule has 0 bridgehead atoms. The molecule has 27 heavy (non-hydrogen) atoms. The monoisotopic (exact) mass is 373 g/mol. The molecule has 0 aliphatic carbocycles. The van der Waals surface area contributed by atoms with Crippen molar-refractivity contribution >= 4 is 23.5 Å². The molecule has 0 aromatic heterocycles. The van der Waals surface area contributed by atoms with Crippen LogP contribution in [0, 0.1) is 5.92 Å². The lowest BCUT2D eigenvalue weighted by molar-refractivity contribution is -0.133. The van der Waals surface area contributed by atoms with Crippen LogP contribution < -0.4 is 16.0 Å². The number of carbonyl (C=O) groups excluding carboxylic acids is 2. The van der Waals surface area contributed by atoms with Crippen LogP contribution in [0.25, 0.3) is 0 Å². The van der Waals surface area contributed by atoms with Crippen molar-refractivity contribution in [3.63, 3.8) is 0 Å². The van der Waals surface area contributed by atoms with Crippen molar-refractivity contribution in [1.82, 2.24) is 15.5 Å². The van der Waals surface area contributed by atoms with E-state index in [2.05, 4.69) is 27.9 Å². The molecule has 1 aliphatic heterocycles. The second-order valence-corrected chi connectivity index (χ2v) is 7.10. The van der Waals surface area contributed by atoms with Gasteiger partial charge < -0.3 is 20.9 Å². The smallest absolute Gasteiger partial charge is 0.243 e. The first-order valence-electron chi connectivity index (χ1n) is 9.57. The van der Waals surface area contributed by atoms with E-state index in [0.29, 0.717) is 12.5 Å². The van der Waals surface area contributed by atoms with Gasteiger partial charge in [0.2, 0.25) is 11.8 Å². The normalized spacial score (nSPS) is 17.1. The third-order valence-electron chi connectivity index (χ3n) is 4.59. The van der Waals surface area contributed by atoms with Crippen LogP contribution in [-0.4, -0.2) is 55.4 Å².